The topological polar surface area (TPSA) is 122 Å². The van der Waals surface area contributed by atoms with E-state index in [4.69, 9.17) is 0 Å². The minimum absolute atomic E-state index is 0.0435. The highest BCUT2D eigenvalue weighted by molar-refractivity contribution is 8.01. The molecule has 2 amide bonds. The van der Waals surface area contributed by atoms with E-state index < -0.39 is 23.3 Å². The maximum Gasteiger partial charge on any atom is 0.352 e. The number of hydrogen-bond donors (Lipinski definition) is 2. The Kier molecular flexibility index (Phi) is 6.96. The summed E-state index contributed by atoms with van der Waals surface area (Å²) in [7, 11) is 0. The van der Waals surface area contributed by atoms with E-state index in [1.807, 2.05) is 35.9 Å². The first-order chi connectivity index (χ1) is 15.8. The van der Waals surface area contributed by atoms with Gasteiger partial charge in [0.05, 0.1) is 6.42 Å². The van der Waals surface area contributed by atoms with Crippen molar-refractivity contribution in [1.29, 1.82) is 0 Å². The molecule has 12 heteroatoms. The summed E-state index contributed by atoms with van der Waals surface area (Å²) in [6.07, 6.45) is 0.185. The van der Waals surface area contributed by atoms with Gasteiger partial charge in [0.15, 0.2) is 5.16 Å². The van der Waals surface area contributed by atoms with Crippen molar-refractivity contribution in [2.45, 2.75) is 43.4 Å². The molecule has 4 heterocycles. The van der Waals surface area contributed by atoms with E-state index in [1.54, 1.807) is 0 Å². The third-order valence-corrected chi connectivity index (χ3v) is 8.65. The summed E-state index contributed by atoms with van der Waals surface area (Å²) in [5.74, 6) is -1.18. The molecule has 2 aromatic rings. The van der Waals surface area contributed by atoms with Gasteiger partial charge in [0.2, 0.25) is 5.91 Å². The number of fused-ring (bicyclic) bond motifs is 1. The van der Waals surface area contributed by atoms with Crippen LogP contribution >= 0.6 is 34.9 Å². The Labute approximate surface area is 202 Å². The number of aryl methyl sites for hydroxylation is 1. The number of carbonyl (C=O) groups excluding carboxylic acids is 2. The van der Waals surface area contributed by atoms with E-state index in [0.717, 1.165) is 10.6 Å². The minimum atomic E-state index is -1.18. The van der Waals surface area contributed by atoms with Gasteiger partial charge in [0.25, 0.3) is 11.5 Å². The number of β-lactam (4-membered cyclic amide) rings is 1. The number of hydrogen-bond acceptors (Lipinski definition) is 8. The van der Waals surface area contributed by atoms with Crippen LogP contribution in [0.1, 0.15) is 17.5 Å². The van der Waals surface area contributed by atoms with Gasteiger partial charge >= 0.3 is 5.97 Å². The first-order valence-electron chi connectivity index (χ1n) is 10.2. The van der Waals surface area contributed by atoms with Gasteiger partial charge < -0.3 is 15.0 Å². The molecule has 0 aromatic carbocycles. The second kappa shape index (κ2) is 9.74. The highest BCUT2D eigenvalue weighted by atomic mass is 32.2. The van der Waals surface area contributed by atoms with Crippen LogP contribution in [-0.2, 0) is 27.3 Å². The van der Waals surface area contributed by atoms with Crippen LogP contribution in [0.4, 0.5) is 0 Å². The fourth-order valence-electron chi connectivity index (χ4n) is 3.83. The van der Waals surface area contributed by atoms with Crippen molar-refractivity contribution in [3.8, 4) is 0 Å². The standard InChI is InChI=1S/C21H22N4O5S3/c1-3-24-11(2)7-14(26)23-21(24)33-10-12-9-32-19-16(18(28)25(19)17(12)20(29)30)22-15(27)8-13-5-4-6-31-13/h4-7,16,19H,3,8-10H2,1-2H3,(H,22,27)(H,29,30)/t16-,19+/m1/s1. The largest absolute Gasteiger partial charge is 0.477 e. The summed E-state index contributed by atoms with van der Waals surface area (Å²) in [5, 5.41) is 14.5. The van der Waals surface area contributed by atoms with Gasteiger partial charge in [0.1, 0.15) is 17.1 Å². The third kappa shape index (κ3) is 4.73. The fourth-order valence-corrected chi connectivity index (χ4v) is 7.14. The average molecular weight is 507 g/mol. The van der Waals surface area contributed by atoms with Crippen LogP contribution in [0, 0.1) is 6.92 Å². The Balaban J connectivity index is 1.49. The van der Waals surface area contributed by atoms with Crippen LogP contribution in [-0.4, -0.2) is 60.3 Å². The number of aliphatic carboxylic acids is 1. The molecule has 2 aliphatic rings. The first-order valence-corrected chi connectivity index (χ1v) is 13.1. The monoisotopic (exact) mass is 506 g/mol. The van der Waals surface area contributed by atoms with Gasteiger partial charge in [-0.1, -0.05) is 17.8 Å². The molecular formula is C21H22N4O5S3. The maximum absolute atomic E-state index is 12.8. The Morgan fingerprint density at radius 1 is 1.36 bits per heavy atom. The second-order valence-electron chi connectivity index (χ2n) is 7.52. The number of thiophene rings is 1. The molecule has 1 saturated heterocycles. The predicted octanol–water partition coefficient (Wildman–Crippen LogP) is 1.71. The number of thioether (sulfide) groups is 2. The van der Waals surface area contributed by atoms with Crippen LogP contribution in [0.2, 0.25) is 0 Å². The zero-order chi connectivity index (χ0) is 23.7. The van der Waals surface area contributed by atoms with Gasteiger partial charge in [-0.05, 0) is 30.9 Å². The normalized spacial score (nSPS) is 19.8. The zero-order valence-electron chi connectivity index (χ0n) is 17.9. The van der Waals surface area contributed by atoms with E-state index in [1.165, 1.54) is 45.8 Å². The zero-order valence-corrected chi connectivity index (χ0v) is 20.4. The molecule has 2 atom stereocenters. The number of carboxylic acids is 1. The maximum atomic E-state index is 12.8. The number of amides is 2. The quantitative estimate of drug-likeness (QED) is 0.315. The molecule has 0 saturated carbocycles. The van der Waals surface area contributed by atoms with Gasteiger partial charge in [-0.3, -0.25) is 19.3 Å². The fraction of sp³-hybridized carbons (Fsp3) is 0.381. The average Bonchev–Trinajstić information content (AvgIpc) is 3.27. The van der Waals surface area contributed by atoms with Crippen molar-refractivity contribution in [1.82, 2.24) is 19.8 Å². The molecule has 2 N–H and O–H groups in total. The first kappa shape index (κ1) is 23.6. The van der Waals surface area contributed by atoms with Gasteiger partial charge in [-0.25, -0.2) is 4.79 Å². The molecule has 0 unspecified atom stereocenters. The third-order valence-electron chi connectivity index (χ3n) is 5.37. The lowest BCUT2D eigenvalue weighted by Crippen LogP contribution is -2.70. The van der Waals surface area contributed by atoms with Crippen LogP contribution in [0.25, 0.3) is 0 Å². The lowest BCUT2D eigenvalue weighted by molar-refractivity contribution is -0.150. The number of rotatable bonds is 8. The van der Waals surface area contributed by atoms with Crippen molar-refractivity contribution in [3.63, 3.8) is 0 Å². The highest BCUT2D eigenvalue weighted by Gasteiger charge is 2.54. The molecule has 0 aliphatic carbocycles. The van der Waals surface area contributed by atoms with Gasteiger partial charge in [-0.15, -0.1) is 23.1 Å². The van der Waals surface area contributed by atoms with Crippen LogP contribution in [0.5, 0.6) is 0 Å². The highest BCUT2D eigenvalue weighted by Crippen LogP contribution is 2.41. The lowest BCUT2D eigenvalue weighted by Gasteiger charge is -2.49. The summed E-state index contributed by atoms with van der Waals surface area (Å²) in [5.41, 5.74) is 0.982. The number of nitrogens with one attached hydrogen (secondary N) is 1. The summed E-state index contributed by atoms with van der Waals surface area (Å²) in [4.78, 5) is 55.3. The Hall–Kier alpha value is -2.57. The summed E-state index contributed by atoms with van der Waals surface area (Å²) in [6, 6.07) is 4.43. The molecule has 2 aromatic heterocycles. The smallest absolute Gasteiger partial charge is 0.352 e. The van der Waals surface area contributed by atoms with Crippen molar-refractivity contribution in [2.24, 2.45) is 0 Å². The molecule has 0 spiro atoms. The van der Waals surface area contributed by atoms with Gasteiger partial charge in [0, 0.05) is 34.7 Å². The van der Waals surface area contributed by atoms with Crippen LogP contribution < -0.4 is 10.9 Å². The number of carboxylic acid groups (broad SMARTS) is 1. The van der Waals surface area contributed by atoms with Crippen molar-refractivity contribution >= 4 is 52.6 Å². The summed E-state index contributed by atoms with van der Waals surface area (Å²) >= 11 is 4.17. The molecule has 2 aliphatic heterocycles. The lowest BCUT2D eigenvalue weighted by atomic mass is 10.0. The van der Waals surface area contributed by atoms with E-state index in [-0.39, 0.29) is 29.3 Å². The molecule has 1 fully saturated rings. The Bertz CT molecular complexity index is 1190. The number of nitrogens with zero attached hydrogens (tertiary/aromatic N) is 3. The number of carbonyl (C=O) groups is 3. The van der Waals surface area contributed by atoms with Crippen LogP contribution in [0.15, 0.2) is 44.8 Å². The second-order valence-corrected chi connectivity index (χ2v) is 10.6. The predicted molar refractivity (Wildman–Crippen MR) is 127 cm³/mol. The summed E-state index contributed by atoms with van der Waals surface area (Å²) in [6.45, 7) is 4.39. The van der Waals surface area contributed by atoms with E-state index >= 15 is 0 Å². The van der Waals surface area contributed by atoms with Crippen molar-refractivity contribution in [2.75, 3.05) is 11.5 Å². The number of aromatic nitrogens is 2. The Morgan fingerprint density at radius 2 is 2.15 bits per heavy atom. The minimum Gasteiger partial charge on any atom is -0.477 e. The van der Waals surface area contributed by atoms with E-state index in [0.29, 0.717) is 23.0 Å². The van der Waals surface area contributed by atoms with Crippen LogP contribution in [0.3, 0.4) is 0 Å². The molecule has 174 valence electrons. The molecule has 0 bridgehead atoms. The van der Waals surface area contributed by atoms with E-state index in [9.17, 15) is 24.3 Å². The van der Waals surface area contributed by atoms with E-state index in [2.05, 4.69) is 10.3 Å². The molecule has 9 nitrogen and oxygen atoms in total. The summed E-state index contributed by atoms with van der Waals surface area (Å²) < 4.78 is 1.89. The molecular weight excluding hydrogens is 484 g/mol. The van der Waals surface area contributed by atoms with Crippen molar-refractivity contribution in [3.05, 3.63) is 55.8 Å². The van der Waals surface area contributed by atoms with Crippen molar-refractivity contribution < 1.29 is 19.5 Å². The van der Waals surface area contributed by atoms with Gasteiger partial charge in [-0.2, -0.15) is 4.98 Å². The molecule has 33 heavy (non-hydrogen) atoms. The molecule has 0 radical (unpaired) electrons. The Morgan fingerprint density at radius 3 is 2.82 bits per heavy atom. The SMILES string of the molecule is CCn1c(C)cc(=O)nc1SCC1=C(C(=O)O)N2C(=O)[C@@H](NC(=O)Cc3cccs3)[C@@H]2SC1. The molecule has 4 rings (SSSR count).